The fourth-order valence-electron chi connectivity index (χ4n) is 6.76. The molecule has 41 heavy (non-hydrogen) atoms. The van der Waals surface area contributed by atoms with Gasteiger partial charge in [-0.1, -0.05) is 0 Å². The van der Waals surface area contributed by atoms with Crippen molar-refractivity contribution in [1.29, 1.82) is 0 Å². The van der Waals surface area contributed by atoms with E-state index in [1.807, 2.05) is 0 Å². The fourth-order valence-corrected chi connectivity index (χ4v) is 8.64. The largest absolute Gasteiger partial charge is 4.00 e. The average Bonchev–Trinajstić information content (AvgIpc) is 2.82. The molecule has 0 aromatic heterocycles. The van der Waals surface area contributed by atoms with E-state index < -0.39 is 79.9 Å². The standard InChI is InChI=1S/2C12H20Cl2N2O4.Pt/c2*13-12(14)3-1-2-10(6-15,7-16)11(12,4-8(17)18)5-9(19)20;/h2*1-7,15-16H2,(H,17,18)(H,19,20);/q;;+4/p-4. The smallest absolute Gasteiger partial charge is 0.550 e. The molecular formula is C24H36Cl4N4O8Pt. The van der Waals surface area contributed by atoms with Crippen molar-refractivity contribution in [1.82, 2.24) is 0 Å². The van der Waals surface area contributed by atoms with E-state index in [1.54, 1.807) is 0 Å². The predicted molar refractivity (Wildman–Crippen MR) is 141 cm³/mol. The molecule has 2 rings (SSSR count). The van der Waals surface area contributed by atoms with Crippen LogP contribution in [0, 0.1) is 21.7 Å². The maximum Gasteiger partial charge on any atom is 4.00 e. The van der Waals surface area contributed by atoms with Crippen LogP contribution in [0.5, 0.6) is 0 Å². The summed E-state index contributed by atoms with van der Waals surface area (Å²) in [4.78, 5) is 44.6. The molecule has 0 aromatic rings. The van der Waals surface area contributed by atoms with E-state index in [4.69, 9.17) is 69.3 Å². The van der Waals surface area contributed by atoms with Crippen LogP contribution in [0.15, 0.2) is 0 Å². The Hall–Kier alpha value is -0.432. The first-order chi connectivity index (χ1) is 18.3. The van der Waals surface area contributed by atoms with Gasteiger partial charge in [-0.15, -0.1) is 46.4 Å². The zero-order valence-corrected chi connectivity index (χ0v) is 27.6. The molecule has 0 heterocycles. The Bertz CT molecular complexity index is 843. The molecular weight excluding hydrogens is 809 g/mol. The normalized spacial score (nSPS) is 22.6. The van der Waals surface area contributed by atoms with Gasteiger partial charge in [-0.05, 0) is 90.4 Å². The third kappa shape index (κ3) is 8.00. The Kier molecular flexibility index (Phi) is 15.4. The zero-order valence-electron chi connectivity index (χ0n) is 22.3. The van der Waals surface area contributed by atoms with E-state index in [-0.39, 0.29) is 60.1 Å². The summed E-state index contributed by atoms with van der Waals surface area (Å²) in [6, 6.07) is 0. The molecule has 0 amide bonds. The maximum absolute atomic E-state index is 11.1. The van der Waals surface area contributed by atoms with Crippen molar-refractivity contribution in [3.8, 4) is 0 Å². The van der Waals surface area contributed by atoms with Gasteiger partial charge in [0.25, 0.3) is 0 Å². The molecule has 12 nitrogen and oxygen atoms in total. The van der Waals surface area contributed by atoms with E-state index in [9.17, 15) is 39.6 Å². The molecule has 8 N–H and O–H groups in total. The van der Waals surface area contributed by atoms with Crippen molar-refractivity contribution in [3.05, 3.63) is 0 Å². The average molecular weight is 845 g/mol. The van der Waals surface area contributed by atoms with Crippen LogP contribution in [-0.4, -0.2) is 58.7 Å². The first-order valence-corrected chi connectivity index (χ1v) is 14.2. The fraction of sp³-hybridized carbons (Fsp3) is 0.833. The van der Waals surface area contributed by atoms with Crippen LogP contribution in [0.3, 0.4) is 0 Å². The van der Waals surface area contributed by atoms with Crippen molar-refractivity contribution < 1.29 is 60.7 Å². The molecule has 0 aromatic carbocycles. The quantitative estimate of drug-likeness (QED) is 0.144. The van der Waals surface area contributed by atoms with Crippen molar-refractivity contribution in [2.24, 2.45) is 44.6 Å². The molecule has 238 valence electrons. The number of hydrogen-bond donors (Lipinski definition) is 4. The summed E-state index contributed by atoms with van der Waals surface area (Å²) in [5.74, 6) is -5.76. The third-order valence-electron chi connectivity index (χ3n) is 9.07. The Morgan fingerprint density at radius 1 is 0.512 bits per heavy atom. The summed E-state index contributed by atoms with van der Waals surface area (Å²) < 4.78 is -3.13. The summed E-state index contributed by atoms with van der Waals surface area (Å²) in [6.07, 6.45) is 0.127. The Morgan fingerprint density at radius 2 is 0.732 bits per heavy atom. The number of carbonyl (C=O) groups excluding carboxylic acids is 4. The van der Waals surface area contributed by atoms with Gasteiger partial charge in [0.2, 0.25) is 0 Å². The number of carboxylic acid groups (broad SMARTS) is 4. The molecule has 0 bridgehead atoms. The molecule has 2 fully saturated rings. The van der Waals surface area contributed by atoms with Gasteiger partial charge in [0.1, 0.15) is 8.67 Å². The minimum atomic E-state index is -1.57. The van der Waals surface area contributed by atoms with Crippen LogP contribution in [0.1, 0.15) is 64.2 Å². The van der Waals surface area contributed by atoms with E-state index in [2.05, 4.69) is 0 Å². The van der Waals surface area contributed by atoms with Gasteiger partial charge in [0, 0.05) is 45.5 Å². The number of rotatable bonds is 12. The topological polar surface area (TPSA) is 265 Å². The summed E-state index contributed by atoms with van der Waals surface area (Å²) in [6.45, 7) is -0.0347. The van der Waals surface area contributed by atoms with Gasteiger partial charge in [-0.3, -0.25) is 0 Å². The Morgan fingerprint density at radius 3 is 0.902 bits per heavy atom. The Balaban J connectivity index is 0.000000762. The van der Waals surface area contributed by atoms with Crippen LogP contribution in [0.2, 0.25) is 0 Å². The van der Waals surface area contributed by atoms with Crippen molar-refractivity contribution in [3.63, 3.8) is 0 Å². The zero-order chi connectivity index (χ0) is 31.2. The SMILES string of the molecule is NCC1(CN)CCCC(Cl)(Cl)C1(CC(=O)[O-])CC(=O)[O-].NCC1(CN)CCCC(Cl)(Cl)C1(CC(=O)[O-])CC(=O)[O-].[Pt+4]. The minimum Gasteiger partial charge on any atom is -0.550 e. The van der Waals surface area contributed by atoms with E-state index in [0.717, 1.165) is 0 Å². The van der Waals surface area contributed by atoms with Gasteiger partial charge in [0.05, 0.1) is 0 Å². The molecule has 0 spiro atoms. The maximum atomic E-state index is 11.1. The number of halogens is 4. The molecule has 2 aliphatic carbocycles. The second-order valence-corrected chi connectivity index (χ2v) is 13.8. The number of alkyl halides is 4. The van der Waals surface area contributed by atoms with Crippen LogP contribution in [0.4, 0.5) is 0 Å². The molecule has 2 saturated carbocycles. The number of hydrogen-bond acceptors (Lipinski definition) is 12. The van der Waals surface area contributed by atoms with Gasteiger partial charge in [0.15, 0.2) is 0 Å². The summed E-state index contributed by atoms with van der Waals surface area (Å²) in [5.41, 5.74) is 18.1. The summed E-state index contributed by atoms with van der Waals surface area (Å²) >= 11 is 25.2. The Labute approximate surface area is 273 Å². The van der Waals surface area contributed by atoms with Gasteiger partial charge in [-0.2, -0.15) is 0 Å². The van der Waals surface area contributed by atoms with Crippen LogP contribution >= 0.6 is 46.4 Å². The molecule has 0 atom stereocenters. The van der Waals surface area contributed by atoms with E-state index in [1.165, 1.54) is 0 Å². The van der Waals surface area contributed by atoms with Crippen molar-refractivity contribution in [2.45, 2.75) is 72.9 Å². The number of aliphatic carboxylic acids is 4. The van der Waals surface area contributed by atoms with Crippen LogP contribution in [0.25, 0.3) is 0 Å². The summed E-state index contributed by atoms with van der Waals surface area (Å²) in [7, 11) is 0. The molecule has 0 unspecified atom stereocenters. The molecule has 0 saturated heterocycles. The minimum absolute atomic E-state index is 0. The monoisotopic (exact) mass is 843 g/mol. The van der Waals surface area contributed by atoms with Crippen LogP contribution < -0.4 is 43.4 Å². The van der Waals surface area contributed by atoms with Gasteiger partial charge >= 0.3 is 21.1 Å². The first kappa shape index (κ1) is 40.6. The molecule has 17 heteroatoms. The number of nitrogens with two attached hydrogens (primary N) is 4. The number of carbonyl (C=O) groups is 4. The third-order valence-corrected chi connectivity index (χ3v) is 11.3. The number of carboxylic acids is 4. The van der Waals surface area contributed by atoms with Gasteiger partial charge < -0.3 is 62.5 Å². The first-order valence-electron chi connectivity index (χ1n) is 12.7. The second kappa shape index (κ2) is 15.5. The summed E-state index contributed by atoms with van der Waals surface area (Å²) in [5, 5.41) is 44.6. The molecule has 0 aliphatic heterocycles. The van der Waals surface area contributed by atoms with Gasteiger partial charge in [-0.25, -0.2) is 0 Å². The van der Waals surface area contributed by atoms with Crippen molar-refractivity contribution in [2.75, 3.05) is 26.2 Å². The van der Waals surface area contributed by atoms with E-state index >= 15 is 0 Å². The van der Waals surface area contributed by atoms with Crippen molar-refractivity contribution >= 4 is 70.3 Å². The second-order valence-electron chi connectivity index (χ2n) is 10.9. The predicted octanol–water partition coefficient (Wildman–Crippen LogP) is -2.97. The molecule has 2 aliphatic rings. The van der Waals surface area contributed by atoms with E-state index in [0.29, 0.717) is 25.7 Å². The van der Waals surface area contributed by atoms with Crippen LogP contribution in [-0.2, 0) is 40.2 Å². The molecule has 0 radical (unpaired) electrons.